The molecule has 0 aromatic rings. The van der Waals surface area contributed by atoms with Crippen molar-refractivity contribution < 1.29 is 32.6 Å². The highest BCUT2D eigenvalue weighted by atomic mass is 28.4. The molecule has 2 heterocycles. The van der Waals surface area contributed by atoms with Crippen LogP contribution in [0.1, 0.15) is 108 Å². The lowest BCUT2D eigenvalue weighted by molar-refractivity contribution is -0.183. The van der Waals surface area contributed by atoms with E-state index in [0.29, 0.717) is 18.6 Å². The van der Waals surface area contributed by atoms with Gasteiger partial charge in [-0.3, -0.25) is 4.79 Å². The maximum atomic E-state index is 11.6. The Bertz CT molecular complexity index is 1050. The normalized spacial score (nSPS) is 36.5. The highest BCUT2D eigenvalue weighted by molar-refractivity contribution is 6.74. The second-order valence-electron chi connectivity index (χ2n) is 19.0. The van der Waals surface area contributed by atoms with E-state index in [-0.39, 0.29) is 57.5 Å². The molecule has 2 spiro atoms. The third-order valence-corrected chi connectivity index (χ3v) is 21.2. The van der Waals surface area contributed by atoms with Crippen LogP contribution in [0.25, 0.3) is 0 Å². The number of hydrogen-bond acceptors (Lipinski definition) is 7. The number of ether oxygens (including phenoxy) is 4. The van der Waals surface area contributed by atoms with E-state index in [2.05, 4.69) is 74.3 Å². The molecule has 0 amide bonds. The summed E-state index contributed by atoms with van der Waals surface area (Å²) in [5.74, 6) is -0.717. The fraction of sp³-hybridized carbons (Fsp3) is 0.914. The summed E-state index contributed by atoms with van der Waals surface area (Å²) in [6, 6.07) is 0. The summed E-state index contributed by atoms with van der Waals surface area (Å²) in [7, 11) is -3.67. The van der Waals surface area contributed by atoms with Crippen LogP contribution in [-0.2, 0) is 32.6 Å². The minimum atomic E-state index is -1.86. The van der Waals surface area contributed by atoms with Crippen LogP contribution in [0.3, 0.4) is 0 Å². The minimum Gasteiger partial charge on any atom is -0.411 e. The van der Waals surface area contributed by atoms with Gasteiger partial charge in [0.2, 0.25) is 0 Å². The molecule has 4 aliphatic carbocycles. The van der Waals surface area contributed by atoms with Crippen LogP contribution >= 0.6 is 0 Å². The lowest BCUT2D eigenvalue weighted by atomic mass is 9.63. The van der Waals surface area contributed by atoms with Gasteiger partial charge in [-0.05, 0) is 89.6 Å². The Kier molecular flexibility index (Phi) is 8.37. The van der Waals surface area contributed by atoms with Crippen molar-refractivity contribution in [3.05, 3.63) is 12.2 Å². The molecule has 252 valence electrons. The van der Waals surface area contributed by atoms with E-state index in [1.54, 1.807) is 0 Å². The summed E-state index contributed by atoms with van der Waals surface area (Å²) >= 11 is 0. The van der Waals surface area contributed by atoms with Crippen molar-refractivity contribution in [1.82, 2.24) is 0 Å². The monoisotopic (exact) mass is 650 g/mol. The van der Waals surface area contributed by atoms with Gasteiger partial charge < -0.3 is 27.8 Å². The molecule has 44 heavy (non-hydrogen) atoms. The van der Waals surface area contributed by atoms with E-state index in [4.69, 9.17) is 27.8 Å². The van der Waals surface area contributed by atoms with Gasteiger partial charge in [0, 0.05) is 23.7 Å². The van der Waals surface area contributed by atoms with Gasteiger partial charge in [0.15, 0.2) is 28.2 Å². The SMILES string of the molecule is C=C1CC2(C1)C[C@H](O[Si](C)(C)C(C)(C)C)[C@@H]1OC(C)(C)O[C@@H]12.CC1(C)O[C@H]2[C@@H](O[Si](C)(C)C(C)(C)C)CC3(CC(=O)C3)[C@H]2O1. The summed E-state index contributed by atoms with van der Waals surface area (Å²) < 4.78 is 38.3. The van der Waals surface area contributed by atoms with Crippen molar-refractivity contribution in [2.75, 3.05) is 0 Å². The quantitative estimate of drug-likeness (QED) is 0.224. The first-order chi connectivity index (χ1) is 19.7. The molecule has 0 N–H and O–H groups in total. The molecule has 0 unspecified atom stereocenters. The van der Waals surface area contributed by atoms with Gasteiger partial charge in [0.05, 0.1) is 24.4 Å². The molecule has 4 saturated carbocycles. The number of carbonyl (C=O) groups excluding carboxylic acids is 1. The predicted octanol–water partition coefficient (Wildman–Crippen LogP) is 8.29. The average molecular weight is 651 g/mol. The van der Waals surface area contributed by atoms with Crippen molar-refractivity contribution in [1.29, 1.82) is 0 Å². The summed E-state index contributed by atoms with van der Waals surface area (Å²) in [5.41, 5.74) is 1.52. The Morgan fingerprint density at radius 3 is 1.30 bits per heavy atom. The van der Waals surface area contributed by atoms with E-state index in [1.807, 2.05) is 27.7 Å². The van der Waals surface area contributed by atoms with Crippen LogP contribution in [0.5, 0.6) is 0 Å². The maximum Gasteiger partial charge on any atom is 0.192 e. The smallest absolute Gasteiger partial charge is 0.192 e. The second kappa shape index (κ2) is 10.6. The molecule has 0 bridgehead atoms. The van der Waals surface area contributed by atoms with Crippen LogP contribution in [-0.4, -0.2) is 70.6 Å². The van der Waals surface area contributed by atoms with E-state index in [9.17, 15) is 4.79 Å². The topological polar surface area (TPSA) is 72.5 Å². The zero-order valence-corrected chi connectivity index (χ0v) is 32.3. The number of Topliss-reactive ketones (excluding diaryl/α,β-unsaturated/α-hetero) is 1. The molecule has 7 nitrogen and oxygen atoms in total. The lowest BCUT2D eigenvalue weighted by Crippen LogP contribution is -2.46. The van der Waals surface area contributed by atoms with Crippen molar-refractivity contribution in [2.45, 2.75) is 192 Å². The van der Waals surface area contributed by atoms with Crippen molar-refractivity contribution in [2.24, 2.45) is 10.8 Å². The molecule has 6 atom stereocenters. The van der Waals surface area contributed by atoms with Gasteiger partial charge in [0.1, 0.15) is 18.0 Å². The fourth-order valence-corrected chi connectivity index (χ4v) is 10.7. The number of fused-ring (bicyclic) bond motifs is 4. The number of carbonyl (C=O) groups is 1. The first-order valence-corrected chi connectivity index (χ1v) is 22.8. The fourth-order valence-electron chi connectivity index (χ4n) is 8.03. The van der Waals surface area contributed by atoms with Gasteiger partial charge in [-0.15, -0.1) is 0 Å². The van der Waals surface area contributed by atoms with Gasteiger partial charge >= 0.3 is 0 Å². The number of allylic oxidation sites excluding steroid dienone is 1. The maximum absolute atomic E-state index is 11.6. The Morgan fingerprint density at radius 1 is 0.659 bits per heavy atom. The van der Waals surface area contributed by atoms with Crippen LogP contribution < -0.4 is 0 Å². The minimum absolute atomic E-state index is 0.00923. The van der Waals surface area contributed by atoms with E-state index >= 15 is 0 Å². The predicted molar refractivity (Wildman–Crippen MR) is 179 cm³/mol. The van der Waals surface area contributed by atoms with E-state index in [1.165, 1.54) is 5.57 Å². The molecule has 0 aromatic heterocycles. The molecule has 2 aliphatic heterocycles. The molecule has 6 aliphatic rings. The summed E-state index contributed by atoms with van der Waals surface area (Å²) in [6.07, 6.45) is 5.82. The van der Waals surface area contributed by atoms with Crippen LogP contribution in [0.15, 0.2) is 12.2 Å². The Balaban J connectivity index is 0.000000175. The van der Waals surface area contributed by atoms with E-state index in [0.717, 1.165) is 25.7 Å². The molecule has 9 heteroatoms. The third-order valence-electron chi connectivity index (χ3n) is 12.2. The zero-order chi connectivity index (χ0) is 33.1. The molecule has 0 radical (unpaired) electrons. The standard InChI is InChI=1S/C18H32O3Si.C17H30O4Si/c1-12-9-18(10-12)11-13(21-22(7,8)16(2,3)4)14-15(18)20-17(5,6)19-14;1-15(2,3)22(6,7)21-12-10-17(8-11(18)9-17)14-13(12)19-16(4,5)20-14/h13-15H,1,9-11H2,2-8H3;12-14H,8-10H2,1-7H3/t13-,14-,15-;12-,13-,14-/m00/s1. The zero-order valence-electron chi connectivity index (χ0n) is 30.3. The molecular weight excluding hydrogens is 589 g/mol. The Hall–Kier alpha value is -0.396. The first kappa shape index (κ1) is 34.9. The summed E-state index contributed by atoms with van der Waals surface area (Å²) in [4.78, 5) is 11.6. The van der Waals surface area contributed by atoms with E-state index < -0.39 is 28.2 Å². The largest absolute Gasteiger partial charge is 0.411 e. The molecular formula is C35H62O7Si2. The molecule has 6 fully saturated rings. The Morgan fingerprint density at radius 2 is 1.00 bits per heavy atom. The number of rotatable bonds is 4. The lowest BCUT2D eigenvalue weighted by Gasteiger charge is -2.45. The first-order valence-electron chi connectivity index (χ1n) is 17.0. The molecule has 0 aromatic carbocycles. The van der Waals surface area contributed by atoms with Crippen molar-refractivity contribution >= 4 is 22.4 Å². The van der Waals surface area contributed by atoms with Crippen LogP contribution in [0.2, 0.25) is 36.3 Å². The molecule has 2 saturated heterocycles. The van der Waals surface area contributed by atoms with Gasteiger partial charge in [-0.25, -0.2) is 0 Å². The highest BCUT2D eigenvalue weighted by Crippen LogP contribution is 2.62. The van der Waals surface area contributed by atoms with Crippen molar-refractivity contribution in [3.63, 3.8) is 0 Å². The average Bonchev–Trinajstić information content (AvgIpc) is 3.44. The Labute approximate surface area is 269 Å². The highest BCUT2D eigenvalue weighted by Gasteiger charge is 2.67. The third kappa shape index (κ3) is 6.15. The van der Waals surface area contributed by atoms with Crippen molar-refractivity contribution in [3.8, 4) is 0 Å². The van der Waals surface area contributed by atoms with Crippen LogP contribution in [0.4, 0.5) is 0 Å². The summed E-state index contributed by atoms with van der Waals surface area (Å²) in [6.45, 7) is 35.0. The van der Waals surface area contributed by atoms with Crippen LogP contribution in [0, 0.1) is 10.8 Å². The van der Waals surface area contributed by atoms with Gasteiger partial charge in [-0.2, -0.15) is 0 Å². The van der Waals surface area contributed by atoms with Gasteiger partial charge in [0.25, 0.3) is 0 Å². The molecule has 6 rings (SSSR count). The number of hydrogen-bond donors (Lipinski definition) is 0. The second-order valence-corrected chi connectivity index (χ2v) is 28.5. The summed E-state index contributed by atoms with van der Waals surface area (Å²) in [5, 5.41) is 0.388. The van der Waals surface area contributed by atoms with Gasteiger partial charge in [-0.1, -0.05) is 53.7 Å². The number of ketones is 1.